The Kier molecular flexibility index (Phi) is 18.9. The summed E-state index contributed by atoms with van der Waals surface area (Å²) in [7, 11) is 0. The zero-order chi connectivity index (χ0) is 38.1. The molecule has 4 nitrogen and oxygen atoms in total. The summed E-state index contributed by atoms with van der Waals surface area (Å²) in [4.78, 5) is 0. The molecule has 0 aliphatic carbocycles. The average Bonchev–Trinajstić information content (AvgIpc) is 3.14. The zero-order valence-corrected chi connectivity index (χ0v) is 35.9. The standard InChI is InChI=1S/C41H44O4S8/c46-37(47)42-33(25-21-29-13-5-1-6-14-29)41(34(43-38(48)49)26-22-30-15-7-2-8-16-30,35(44-39(50)51)27-23-31-17-9-3-10-18-31)36(45-40(52)53)28-24-32-19-11-4-12-20-32/h1-20,33-36H,21-28H2,(H,46,47)(H,48,49)(H,50,51)(H,52,53). The molecule has 4 aromatic rings. The van der Waals surface area contributed by atoms with E-state index in [4.69, 9.17) is 67.8 Å². The number of thiol groups is 4. The minimum atomic E-state index is -1.22. The zero-order valence-electron chi connectivity index (χ0n) is 29.1. The summed E-state index contributed by atoms with van der Waals surface area (Å²) in [5.41, 5.74) is 3.25. The van der Waals surface area contributed by atoms with Crippen LogP contribution in [0.15, 0.2) is 121 Å². The van der Waals surface area contributed by atoms with Crippen molar-refractivity contribution >= 4 is 117 Å². The lowest BCUT2D eigenvalue weighted by Crippen LogP contribution is -2.64. The fraction of sp³-hybridized carbons (Fsp3) is 0.317. The van der Waals surface area contributed by atoms with Crippen LogP contribution in [0.4, 0.5) is 0 Å². The van der Waals surface area contributed by atoms with Crippen LogP contribution in [-0.2, 0) is 44.6 Å². The molecule has 0 radical (unpaired) electrons. The predicted molar refractivity (Wildman–Crippen MR) is 247 cm³/mol. The molecule has 12 heteroatoms. The minimum Gasteiger partial charge on any atom is -0.474 e. The number of benzene rings is 4. The van der Waals surface area contributed by atoms with Crippen molar-refractivity contribution in [2.45, 2.75) is 75.8 Å². The van der Waals surface area contributed by atoms with Crippen LogP contribution in [0.3, 0.4) is 0 Å². The molecule has 0 fully saturated rings. The Morgan fingerprint density at radius 1 is 0.377 bits per heavy atom. The van der Waals surface area contributed by atoms with Crippen molar-refractivity contribution in [1.82, 2.24) is 0 Å². The van der Waals surface area contributed by atoms with Gasteiger partial charge in [0.15, 0.2) is 0 Å². The molecule has 0 aliphatic rings. The van der Waals surface area contributed by atoms with Crippen LogP contribution in [-0.4, -0.2) is 41.9 Å². The smallest absolute Gasteiger partial charge is 0.217 e. The monoisotopic (exact) mass is 856 g/mol. The molecule has 4 rings (SSSR count). The highest BCUT2D eigenvalue weighted by atomic mass is 32.1. The van der Waals surface area contributed by atoms with Crippen molar-refractivity contribution in [2.24, 2.45) is 5.41 Å². The lowest BCUT2D eigenvalue weighted by atomic mass is 9.62. The molecule has 4 aromatic carbocycles. The van der Waals surface area contributed by atoms with Gasteiger partial charge >= 0.3 is 0 Å². The topological polar surface area (TPSA) is 36.9 Å². The van der Waals surface area contributed by atoms with Crippen molar-refractivity contribution in [3.8, 4) is 0 Å². The van der Waals surface area contributed by atoms with Crippen LogP contribution in [0, 0.1) is 5.41 Å². The van der Waals surface area contributed by atoms with E-state index in [1.807, 2.05) is 72.8 Å². The number of thiocarbonyl (C=S) groups is 4. The van der Waals surface area contributed by atoms with Gasteiger partial charge in [0.05, 0.1) is 0 Å². The Morgan fingerprint density at radius 3 is 0.736 bits per heavy atom. The first-order valence-electron chi connectivity index (χ1n) is 17.3. The largest absolute Gasteiger partial charge is 0.474 e. The molecule has 280 valence electrons. The van der Waals surface area contributed by atoms with Crippen molar-refractivity contribution in [1.29, 1.82) is 0 Å². The molecule has 0 saturated heterocycles. The Morgan fingerprint density at radius 2 is 0.566 bits per heavy atom. The number of rotatable bonds is 20. The highest BCUT2D eigenvalue weighted by Gasteiger charge is 2.61. The summed E-state index contributed by atoms with van der Waals surface area (Å²) in [6.45, 7) is 0. The summed E-state index contributed by atoms with van der Waals surface area (Å²) >= 11 is 40.7. The third-order valence-electron chi connectivity index (χ3n) is 9.36. The Balaban J connectivity index is 2.02. The van der Waals surface area contributed by atoms with Gasteiger partial charge in [0.25, 0.3) is 0 Å². The van der Waals surface area contributed by atoms with E-state index in [2.05, 4.69) is 99.0 Å². The molecular weight excluding hydrogens is 813 g/mol. The average molecular weight is 857 g/mol. The van der Waals surface area contributed by atoms with Crippen LogP contribution in [0.25, 0.3) is 0 Å². The second kappa shape index (κ2) is 23.0. The molecule has 4 unspecified atom stereocenters. The minimum absolute atomic E-state index is 0.0632. The summed E-state index contributed by atoms with van der Waals surface area (Å²) < 4.78 is 27.2. The van der Waals surface area contributed by atoms with Gasteiger partial charge in [-0.15, -0.1) is 0 Å². The molecular formula is C41H44O4S8. The van der Waals surface area contributed by atoms with Gasteiger partial charge in [0.2, 0.25) is 17.5 Å². The first-order valence-corrected chi connectivity index (χ1v) is 20.7. The van der Waals surface area contributed by atoms with Crippen LogP contribution < -0.4 is 0 Å². The van der Waals surface area contributed by atoms with E-state index in [0.717, 1.165) is 22.3 Å². The third kappa shape index (κ3) is 14.1. The Bertz CT molecular complexity index is 1470. The fourth-order valence-corrected chi connectivity index (χ4v) is 8.12. The maximum absolute atomic E-state index is 6.73. The summed E-state index contributed by atoms with van der Waals surface area (Å²) in [6, 6.07) is 40.8. The molecule has 0 aliphatic heterocycles. The van der Waals surface area contributed by atoms with E-state index >= 15 is 0 Å². The van der Waals surface area contributed by atoms with Gasteiger partial charge in [-0.2, -0.15) is 0 Å². The summed E-state index contributed by atoms with van der Waals surface area (Å²) in [5, 5.41) is 0. The molecule has 53 heavy (non-hydrogen) atoms. The second-order valence-electron chi connectivity index (χ2n) is 12.6. The summed E-state index contributed by atoms with van der Waals surface area (Å²) in [5.74, 6) is 0. The fourth-order valence-electron chi connectivity index (χ4n) is 7.14. The van der Waals surface area contributed by atoms with Crippen LogP contribution >= 0.6 is 99.4 Å². The predicted octanol–water partition coefficient (Wildman–Crippen LogP) is 10.9. The quantitative estimate of drug-likeness (QED) is 0.0518. The molecule has 0 saturated carbocycles. The van der Waals surface area contributed by atoms with E-state index in [-0.39, 0.29) is 17.5 Å². The number of aryl methyl sites for hydroxylation is 4. The third-order valence-corrected chi connectivity index (χ3v) is 10.2. The maximum atomic E-state index is 6.73. The van der Waals surface area contributed by atoms with Gasteiger partial charge in [-0.1, -0.05) is 172 Å². The van der Waals surface area contributed by atoms with Crippen molar-refractivity contribution in [3.05, 3.63) is 144 Å². The van der Waals surface area contributed by atoms with Gasteiger partial charge in [0.1, 0.15) is 29.8 Å². The van der Waals surface area contributed by atoms with Gasteiger partial charge < -0.3 is 18.9 Å². The second-order valence-corrected chi connectivity index (χ2v) is 16.9. The molecule has 0 heterocycles. The van der Waals surface area contributed by atoms with E-state index < -0.39 is 29.8 Å². The highest BCUT2D eigenvalue weighted by molar-refractivity contribution is 8.11. The number of hydrogen-bond donors (Lipinski definition) is 4. The van der Waals surface area contributed by atoms with Crippen LogP contribution in [0.2, 0.25) is 0 Å². The summed E-state index contributed by atoms with van der Waals surface area (Å²) in [6.07, 6.45) is 1.56. The van der Waals surface area contributed by atoms with Crippen molar-refractivity contribution < 1.29 is 18.9 Å². The Labute approximate surface area is 357 Å². The van der Waals surface area contributed by atoms with Gasteiger partial charge in [-0.3, -0.25) is 0 Å². The molecule has 0 amide bonds. The van der Waals surface area contributed by atoms with E-state index in [0.29, 0.717) is 51.4 Å². The van der Waals surface area contributed by atoms with Crippen molar-refractivity contribution in [3.63, 3.8) is 0 Å². The molecule has 0 bridgehead atoms. The number of hydrogen-bond acceptors (Lipinski definition) is 8. The van der Waals surface area contributed by atoms with E-state index in [1.54, 1.807) is 0 Å². The van der Waals surface area contributed by atoms with Crippen molar-refractivity contribution in [2.75, 3.05) is 0 Å². The molecule has 0 spiro atoms. The molecule has 0 aromatic heterocycles. The lowest BCUT2D eigenvalue weighted by Gasteiger charge is -2.52. The highest BCUT2D eigenvalue weighted by Crippen LogP contribution is 2.49. The van der Waals surface area contributed by atoms with Gasteiger partial charge in [-0.25, -0.2) is 0 Å². The van der Waals surface area contributed by atoms with E-state index in [1.165, 1.54) is 0 Å². The first-order chi connectivity index (χ1) is 25.6. The SMILES string of the molecule is S=C(S)OC(CCc1ccccc1)C(C(CCc1ccccc1)OC(=S)S)(C(CCc1ccccc1)OC(=S)S)C(CCc1ccccc1)OC(=S)S. The van der Waals surface area contributed by atoms with Crippen LogP contribution in [0.1, 0.15) is 47.9 Å². The first kappa shape index (κ1) is 43.6. The maximum Gasteiger partial charge on any atom is 0.217 e. The normalized spacial score (nSPS) is 14.4. The molecule has 0 N–H and O–H groups in total. The Hall–Kier alpha value is -2.16. The molecule has 4 atom stereocenters. The lowest BCUT2D eigenvalue weighted by molar-refractivity contribution is -0.179. The van der Waals surface area contributed by atoms with E-state index in [9.17, 15) is 0 Å². The number of ether oxygens (including phenoxy) is 4. The van der Waals surface area contributed by atoms with Crippen LogP contribution in [0.5, 0.6) is 0 Å². The van der Waals surface area contributed by atoms with Gasteiger partial charge in [0, 0.05) is 0 Å². The van der Waals surface area contributed by atoms with Gasteiger partial charge in [-0.05, 0) is 122 Å².